The Labute approximate surface area is 230 Å². The lowest BCUT2D eigenvalue weighted by atomic mass is 9.73. The Hall–Kier alpha value is -3.54. The summed E-state index contributed by atoms with van der Waals surface area (Å²) in [4.78, 5) is 7.29. The van der Waals surface area contributed by atoms with Gasteiger partial charge in [0.2, 0.25) is 0 Å². The van der Waals surface area contributed by atoms with Crippen molar-refractivity contribution in [3.05, 3.63) is 127 Å². The highest BCUT2D eigenvalue weighted by Crippen LogP contribution is 2.42. The molecule has 2 bridgehead atoms. The number of aromatic nitrogens is 1. The van der Waals surface area contributed by atoms with Gasteiger partial charge in [0.1, 0.15) is 0 Å². The molecule has 0 spiro atoms. The Morgan fingerprint density at radius 3 is 2.26 bits per heavy atom. The molecule has 7 rings (SSSR count). The number of hydrogen-bond donors (Lipinski definition) is 2. The molecule has 3 fully saturated rings. The van der Waals surface area contributed by atoms with Crippen LogP contribution in [0.3, 0.4) is 0 Å². The van der Waals surface area contributed by atoms with Gasteiger partial charge in [-0.15, -0.1) is 6.58 Å². The average molecular weight is 519 g/mol. The number of rotatable bonds is 7. The third kappa shape index (κ3) is 4.96. The lowest BCUT2D eigenvalue weighted by Gasteiger charge is -2.52. The summed E-state index contributed by atoms with van der Waals surface area (Å²) in [6, 6.07) is 32.0. The Morgan fingerprint density at radius 1 is 0.921 bits per heavy atom. The quantitative estimate of drug-likeness (QED) is 0.218. The molecule has 0 saturated carbocycles. The van der Waals surface area contributed by atoms with Gasteiger partial charge in [-0.05, 0) is 72.3 Å². The van der Waals surface area contributed by atoms with Gasteiger partial charge in [-0.2, -0.15) is 0 Å². The van der Waals surface area contributed by atoms with E-state index in [9.17, 15) is 0 Å². The van der Waals surface area contributed by atoms with E-state index < -0.39 is 0 Å². The van der Waals surface area contributed by atoms with Crippen LogP contribution in [0.2, 0.25) is 0 Å². The van der Waals surface area contributed by atoms with Gasteiger partial charge in [0.15, 0.2) is 5.11 Å². The molecule has 3 aliphatic rings. The molecule has 38 heavy (non-hydrogen) atoms. The van der Waals surface area contributed by atoms with Gasteiger partial charge in [-0.25, -0.2) is 0 Å². The third-order valence-electron chi connectivity index (χ3n) is 8.38. The number of piperidine rings is 3. The van der Waals surface area contributed by atoms with Crippen molar-refractivity contribution >= 4 is 28.2 Å². The summed E-state index contributed by atoms with van der Waals surface area (Å²) in [5.41, 5.74) is 4.64. The molecule has 4 heterocycles. The summed E-state index contributed by atoms with van der Waals surface area (Å²) in [6.45, 7) is 6.32. The molecule has 5 atom stereocenters. The molecule has 4 aromatic rings. The van der Waals surface area contributed by atoms with E-state index in [1.54, 1.807) is 0 Å². The van der Waals surface area contributed by atoms with Crippen molar-refractivity contribution in [2.24, 2.45) is 11.8 Å². The van der Waals surface area contributed by atoms with Crippen LogP contribution < -0.4 is 10.6 Å². The average Bonchev–Trinajstić information content (AvgIpc) is 2.99. The first-order valence-corrected chi connectivity index (χ1v) is 14.0. The Kier molecular flexibility index (Phi) is 7.21. The van der Waals surface area contributed by atoms with Crippen LogP contribution in [0.1, 0.15) is 41.6 Å². The number of thiocarbonyl (C=S) groups is 1. The second-order valence-corrected chi connectivity index (χ2v) is 10.9. The lowest BCUT2D eigenvalue weighted by molar-refractivity contribution is 0.00428. The number of hydrogen-bond acceptors (Lipinski definition) is 3. The minimum absolute atomic E-state index is 0.0412. The van der Waals surface area contributed by atoms with Gasteiger partial charge in [0.05, 0.1) is 17.6 Å². The summed E-state index contributed by atoms with van der Waals surface area (Å²) in [6.07, 6.45) is 6.47. The highest BCUT2D eigenvalue weighted by atomic mass is 32.1. The maximum atomic E-state index is 6.06. The number of para-hydroxylation sites is 1. The van der Waals surface area contributed by atoms with Crippen LogP contribution in [0.5, 0.6) is 0 Å². The summed E-state index contributed by atoms with van der Waals surface area (Å²) < 4.78 is 0. The predicted octanol–water partition coefficient (Wildman–Crippen LogP) is 6.43. The maximum absolute atomic E-state index is 6.06. The number of pyridine rings is 1. The van der Waals surface area contributed by atoms with Gasteiger partial charge in [0.25, 0.3) is 0 Å². The molecular formula is C33H34N4S. The van der Waals surface area contributed by atoms with Crippen LogP contribution in [0.25, 0.3) is 10.9 Å². The standard InChI is InChI=1S/C33H34N4S/c1-2-23-22-37-20-18-26(23)21-30(37)32(28-17-19-34-29-16-10-9-15-27(28)29)36-33(38)35-31(24-11-5-3-6-12-24)25-13-7-4-8-14-25/h2-17,19,23,26,30-32H,1,18,20-22H2,(H2,35,36,38). The Morgan fingerprint density at radius 2 is 1.61 bits per heavy atom. The Bertz CT molecular complexity index is 1360. The highest BCUT2D eigenvalue weighted by Gasteiger charge is 2.43. The lowest BCUT2D eigenvalue weighted by Crippen LogP contribution is -2.58. The fourth-order valence-electron chi connectivity index (χ4n) is 6.46. The zero-order valence-corrected chi connectivity index (χ0v) is 22.4. The van der Waals surface area contributed by atoms with Crippen molar-refractivity contribution in [1.82, 2.24) is 20.5 Å². The number of nitrogens with one attached hydrogen (secondary N) is 2. The fourth-order valence-corrected chi connectivity index (χ4v) is 6.70. The van der Waals surface area contributed by atoms with E-state index in [2.05, 4.69) is 124 Å². The van der Waals surface area contributed by atoms with Crippen LogP contribution in [0.4, 0.5) is 0 Å². The summed E-state index contributed by atoms with van der Waals surface area (Å²) in [7, 11) is 0. The zero-order valence-electron chi connectivity index (χ0n) is 21.5. The van der Waals surface area contributed by atoms with E-state index >= 15 is 0 Å². The molecule has 3 aromatic carbocycles. The summed E-state index contributed by atoms with van der Waals surface area (Å²) >= 11 is 6.06. The molecule has 3 saturated heterocycles. The van der Waals surface area contributed by atoms with Gasteiger partial charge in [0, 0.05) is 24.2 Å². The number of nitrogens with zero attached hydrogens (tertiary/aromatic N) is 2. The van der Waals surface area contributed by atoms with Crippen molar-refractivity contribution in [2.75, 3.05) is 13.1 Å². The van der Waals surface area contributed by atoms with E-state index in [4.69, 9.17) is 12.2 Å². The van der Waals surface area contributed by atoms with E-state index in [1.807, 2.05) is 6.20 Å². The van der Waals surface area contributed by atoms with Gasteiger partial charge in [-0.1, -0.05) is 84.9 Å². The highest BCUT2D eigenvalue weighted by molar-refractivity contribution is 7.80. The maximum Gasteiger partial charge on any atom is 0.167 e. The minimum Gasteiger partial charge on any atom is -0.354 e. The van der Waals surface area contributed by atoms with Crippen LogP contribution in [-0.4, -0.2) is 34.1 Å². The largest absolute Gasteiger partial charge is 0.354 e. The predicted molar refractivity (Wildman–Crippen MR) is 160 cm³/mol. The van der Waals surface area contributed by atoms with Crippen molar-refractivity contribution < 1.29 is 0 Å². The van der Waals surface area contributed by atoms with Crippen molar-refractivity contribution in [2.45, 2.75) is 31.0 Å². The fraction of sp³-hybridized carbons (Fsp3) is 0.273. The molecule has 192 valence electrons. The van der Waals surface area contributed by atoms with Crippen molar-refractivity contribution in [3.63, 3.8) is 0 Å². The molecule has 0 radical (unpaired) electrons. The van der Waals surface area contributed by atoms with Crippen molar-refractivity contribution in [1.29, 1.82) is 0 Å². The molecule has 3 aliphatic heterocycles. The summed E-state index contributed by atoms with van der Waals surface area (Å²) in [5, 5.41) is 9.32. The number of fused-ring (bicyclic) bond motifs is 4. The van der Waals surface area contributed by atoms with Crippen LogP contribution >= 0.6 is 12.2 Å². The second kappa shape index (κ2) is 11.1. The minimum atomic E-state index is -0.0412. The second-order valence-electron chi connectivity index (χ2n) is 10.5. The summed E-state index contributed by atoms with van der Waals surface area (Å²) in [5.74, 6) is 1.24. The van der Waals surface area contributed by atoms with Crippen LogP contribution in [0.15, 0.2) is 110 Å². The molecule has 5 unspecified atom stereocenters. The first-order chi connectivity index (χ1) is 18.7. The van der Waals surface area contributed by atoms with E-state index in [1.165, 1.54) is 28.5 Å². The molecule has 5 heteroatoms. The molecule has 0 aliphatic carbocycles. The molecule has 2 N–H and O–H groups in total. The zero-order chi connectivity index (χ0) is 25.9. The topological polar surface area (TPSA) is 40.2 Å². The molecule has 1 aromatic heterocycles. The number of benzene rings is 3. The Balaban J connectivity index is 1.34. The first kappa shape index (κ1) is 24.8. The first-order valence-electron chi connectivity index (χ1n) is 13.6. The third-order valence-corrected chi connectivity index (χ3v) is 8.62. The van der Waals surface area contributed by atoms with Crippen molar-refractivity contribution in [3.8, 4) is 0 Å². The molecule has 4 nitrogen and oxygen atoms in total. The van der Waals surface area contributed by atoms with E-state index in [0.717, 1.165) is 25.0 Å². The monoisotopic (exact) mass is 518 g/mol. The smallest absolute Gasteiger partial charge is 0.167 e. The van der Waals surface area contributed by atoms with Gasteiger partial charge >= 0.3 is 0 Å². The van der Waals surface area contributed by atoms with Gasteiger partial charge in [-0.3, -0.25) is 9.88 Å². The normalized spacial score (nSPS) is 23.2. The SMILES string of the molecule is C=CC1CN2CCC1CC2C(NC(=S)NC(c1ccccc1)c1ccccc1)c1ccnc2ccccc12. The molecular weight excluding hydrogens is 484 g/mol. The molecule has 0 amide bonds. The van der Waals surface area contributed by atoms with Crippen LogP contribution in [0, 0.1) is 11.8 Å². The van der Waals surface area contributed by atoms with E-state index in [0.29, 0.717) is 23.0 Å². The van der Waals surface area contributed by atoms with Crippen LogP contribution in [-0.2, 0) is 0 Å². The van der Waals surface area contributed by atoms with E-state index in [-0.39, 0.29) is 12.1 Å². The van der Waals surface area contributed by atoms with Gasteiger partial charge < -0.3 is 10.6 Å².